The molecule has 1 aromatic carbocycles. The highest BCUT2D eigenvalue weighted by atomic mass is 19.1. The van der Waals surface area contributed by atoms with Gasteiger partial charge in [-0.15, -0.1) is 0 Å². The molecular formula is C25H25FN6O. The largest absolute Gasteiger partial charge is 0.482 e. The molecule has 0 radical (unpaired) electrons. The number of aromatic nitrogens is 5. The summed E-state index contributed by atoms with van der Waals surface area (Å²) < 4.78 is 24.4. The topological polar surface area (TPSA) is 83.8 Å². The lowest BCUT2D eigenvalue weighted by Crippen LogP contribution is -2.13. The highest BCUT2D eigenvalue weighted by Crippen LogP contribution is 2.40. The van der Waals surface area contributed by atoms with Crippen LogP contribution in [0.2, 0.25) is 0 Å². The molecule has 2 N–H and O–H groups in total. The zero-order chi connectivity index (χ0) is 22.7. The molecule has 4 aromatic rings. The molecule has 3 aromatic heterocycles. The fourth-order valence-corrected chi connectivity index (χ4v) is 4.74. The molecule has 4 heterocycles. The number of nitrogens with zero attached hydrogens (tertiary/aromatic N) is 5. The second-order valence-electron chi connectivity index (χ2n) is 9.02. The number of hydrogen-bond acceptors (Lipinski definition) is 5. The molecule has 2 bridgehead atoms. The van der Waals surface area contributed by atoms with E-state index in [9.17, 15) is 4.39 Å². The monoisotopic (exact) mass is 444 g/mol. The maximum atomic E-state index is 14.2. The molecule has 8 heteroatoms. The van der Waals surface area contributed by atoms with Crippen LogP contribution in [0.5, 0.6) is 5.75 Å². The van der Waals surface area contributed by atoms with Crippen molar-refractivity contribution in [2.45, 2.75) is 38.7 Å². The molecule has 33 heavy (non-hydrogen) atoms. The molecule has 0 unspecified atom stereocenters. The Kier molecular flexibility index (Phi) is 4.50. The molecule has 0 amide bonds. The van der Waals surface area contributed by atoms with Gasteiger partial charge in [0, 0.05) is 48.2 Å². The first-order valence-corrected chi connectivity index (χ1v) is 11.3. The molecule has 0 saturated heterocycles. The van der Waals surface area contributed by atoms with E-state index >= 15 is 0 Å². The Morgan fingerprint density at radius 3 is 2.88 bits per heavy atom. The smallest absolute Gasteiger partial charge is 0.166 e. The maximum Gasteiger partial charge on any atom is 0.166 e. The average molecular weight is 445 g/mol. The number of benzene rings is 1. The van der Waals surface area contributed by atoms with Gasteiger partial charge < -0.3 is 10.5 Å². The van der Waals surface area contributed by atoms with E-state index in [0.717, 1.165) is 34.6 Å². The molecule has 1 aliphatic carbocycles. The van der Waals surface area contributed by atoms with E-state index < -0.39 is 6.10 Å². The van der Waals surface area contributed by atoms with Crippen molar-refractivity contribution in [3.8, 4) is 22.6 Å². The minimum absolute atomic E-state index is 0.301. The Bertz CT molecular complexity index is 1370. The molecule has 0 spiro atoms. The lowest BCUT2D eigenvalue weighted by molar-refractivity contribution is 0.226. The van der Waals surface area contributed by atoms with E-state index in [0.29, 0.717) is 29.5 Å². The van der Waals surface area contributed by atoms with E-state index in [1.165, 1.54) is 30.7 Å². The van der Waals surface area contributed by atoms with Crippen molar-refractivity contribution in [2.75, 3.05) is 5.73 Å². The van der Waals surface area contributed by atoms with Gasteiger partial charge in [-0.3, -0.25) is 4.68 Å². The van der Waals surface area contributed by atoms with Gasteiger partial charge in [0.05, 0.1) is 17.1 Å². The van der Waals surface area contributed by atoms with Crippen LogP contribution in [0.4, 0.5) is 10.2 Å². The van der Waals surface area contributed by atoms with Gasteiger partial charge in [-0.1, -0.05) is 0 Å². The van der Waals surface area contributed by atoms with Crippen LogP contribution in [0, 0.1) is 11.7 Å². The first-order valence-electron chi connectivity index (χ1n) is 11.3. The molecule has 7 nitrogen and oxygen atoms in total. The lowest BCUT2D eigenvalue weighted by Gasteiger charge is -2.21. The highest BCUT2D eigenvalue weighted by molar-refractivity contribution is 5.72. The number of ether oxygens (including phenoxy) is 1. The number of nitrogen functional groups attached to an aromatic ring is 1. The second kappa shape index (κ2) is 7.43. The van der Waals surface area contributed by atoms with Gasteiger partial charge in [0.1, 0.15) is 11.9 Å². The fraction of sp³-hybridized carbons (Fsp3) is 0.320. The lowest BCUT2D eigenvalue weighted by atomic mass is 9.98. The minimum atomic E-state index is -0.467. The summed E-state index contributed by atoms with van der Waals surface area (Å²) in [7, 11) is 2.00. The van der Waals surface area contributed by atoms with E-state index in [2.05, 4.69) is 10.1 Å². The molecular weight excluding hydrogens is 419 g/mol. The molecule has 1 atom stereocenters. The summed E-state index contributed by atoms with van der Waals surface area (Å²) >= 11 is 0. The van der Waals surface area contributed by atoms with Crippen LogP contribution in [0.1, 0.15) is 48.5 Å². The summed E-state index contributed by atoms with van der Waals surface area (Å²) in [6, 6.07) is 8.59. The zero-order valence-corrected chi connectivity index (χ0v) is 18.6. The van der Waals surface area contributed by atoms with Crippen LogP contribution in [0.25, 0.3) is 16.8 Å². The van der Waals surface area contributed by atoms with Crippen molar-refractivity contribution in [2.24, 2.45) is 13.0 Å². The summed E-state index contributed by atoms with van der Waals surface area (Å²) in [5.74, 6) is 1.15. The van der Waals surface area contributed by atoms with Crippen LogP contribution < -0.4 is 10.5 Å². The first-order chi connectivity index (χ1) is 16.0. The summed E-state index contributed by atoms with van der Waals surface area (Å²) in [6.45, 7) is 1.88. The molecule has 6 rings (SSSR count). The summed E-state index contributed by atoms with van der Waals surface area (Å²) in [5, 5.41) is 9.48. The van der Waals surface area contributed by atoms with E-state index in [4.69, 9.17) is 15.6 Å². The molecule has 1 aliphatic heterocycles. The number of anilines is 1. The van der Waals surface area contributed by atoms with Crippen LogP contribution in [-0.2, 0) is 19.9 Å². The van der Waals surface area contributed by atoms with Crippen LogP contribution in [0.3, 0.4) is 0 Å². The third-order valence-corrected chi connectivity index (χ3v) is 6.62. The number of rotatable bonds is 2. The molecule has 2 aliphatic rings. The van der Waals surface area contributed by atoms with Gasteiger partial charge >= 0.3 is 0 Å². The predicted molar refractivity (Wildman–Crippen MR) is 123 cm³/mol. The Balaban J connectivity index is 1.60. The normalized spacial score (nSPS) is 17.2. The quantitative estimate of drug-likeness (QED) is 0.496. The van der Waals surface area contributed by atoms with E-state index in [-0.39, 0.29) is 5.82 Å². The van der Waals surface area contributed by atoms with Gasteiger partial charge in [-0.25, -0.2) is 14.1 Å². The van der Waals surface area contributed by atoms with Crippen molar-refractivity contribution in [3.05, 3.63) is 71.2 Å². The van der Waals surface area contributed by atoms with E-state index in [1.807, 2.05) is 35.5 Å². The SMILES string of the molecule is C[C@H]1Oc2cc(cnc2N)-c2c(nn(C)c2CC2CC2)Cc2ccnn2-c2ccc(F)cc21. The third kappa shape index (κ3) is 3.46. The Morgan fingerprint density at radius 1 is 1.21 bits per heavy atom. The highest BCUT2D eigenvalue weighted by Gasteiger charge is 2.29. The predicted octanol–water partition coefficient (Wildman–Crippen LogP) is 4.39. The second-order valence-corrected chi connectivity index (χ2v) is 9.02. The van der Waals surface area contributed by atoms with Gasteiger partial charge in [0.25, 0.3) is 0 Å². The van der Waals surface area contributed by atoms with Crippen molar-refractivity contribution in [3.63, 3.8) is 0 Å². The van der Waals surface area contributed by atoms with Crippen molar-refractivity contribution in [1.29, 1.82) is 0 Å². The number of aryl methyl sites for hydroxylation is 1. The Hall–Kier alpha value is -3.68. The number of halogens is 1. The Labute approximate surface area is 191 Å². The number of nitrogens with two attached hydrogens (primary N) is 1. The van der Waals surface area contributed by atoms with Crippen LogP contribution in [0.15, 0.2) is 42.7 Å². The number of fused-ring (bicyclic) bond motifs is 7. The van der Waals surface area contributed by atoms with Crippen LogP contribution in [-0.4, -0.2) is 24.5 Å². The van der Waals surface area contributed by atoms with Crippen molar-refractivity contribution in [1.82, 2.24) is 24.5 Å². The number of hydrogen-bond donors (Lipinski definition) is 1. The van der Waals surface area contributed by atoms with Crippen molar-refractivity contribution >= 4 is 5.82 Å². The van der Waals surface area contributed by atoms with E-state index in [1.54, 1.807) is 18.5 Å². The number of pyridine rings is 1. The van der Waals surface area contributed by atoms with Crippen molar-refractivity contribution < 1.29 is 9.13 Å². The van der Waals surface area contributed by atoms with Gasteiger partial charge in [0.2, 0.25) is 0 Å². The molecule has 168 valence electrons. The standard InChI is InChI=1S/C25H25FN6O/c1-14-19-11-17(26)5-6-21(19)32-18(7-8-29-32)12-20-24(16-10-23(33-14)25(27)28-13-16)22(31(2)30-20)9-15-3-4-15/h5-8,10-11,13-15H,3-4,9,12H2,1-2H3,(H2,27,28)/t14-/m1/s1. The minimum Gasteiger partial charge on any atom is -0.482 e. The Morgan fingerprint density at radius 2 is 2.06 bits per heavy atom. The summed E-state index contributed by atoms with van der Waals surface area (Å²) in [6.07, 6.45) is 7.17. The summed E-state index contributed by atoms with van der Waals surface area (Å²) in [5.41, 5.74) is 12.8. The van der Waals surface area contributed by atoms with Gasteiger partial charge in [0.15, 0.2) is 11.6 Å². The van der Waals surface area contributed by atoms with Gasteiger partial charge in [-0.05, 0) is 62.4 Å². The summed E-state index contributed by atoms with van der Waals surface area (Å²) in [4.78, 5) is 4.44. The maximum absolute atomic E-state index is 14.2. The zero-order valence-electron chi connectivity index (χ0n) is 18.6. The first kappa shape index (κ1) is 20.0. The average Bonchev–Trinajstić information content (AvgIpc) is 3.41. The molecule has 1 saturated carbocycles. The van der Waals surface area contributed by atoms with Gasteiger partial charge in [-0.2, -0.15) is 10.2 Å². The third-order valence-electron chi connectivity index (χ3n) is 6.62. The van der Waals surface area contributed by atoms with Crippen LogP contribution >= 0.6 is 0 Å². The fourth-order valence-electron chi connectivity index (χ4n) is 4.74. The molecule has 1 fully saturated rings.